The molecule has 0 radical (unpaired) electrons. The van der Waals surface area contributed by atoms with Crippen LogP contribution >= 0.6 is 0 Å². The number of rotatable bonds is 2. The minimum atomic E-state index is -0.175. The molecule has 1 heterocycles. The first-order valence-corrected chi connectivity index (χ1v) is 6.41. The van der Waals surface area contributed by atoms with Crippen LogP contribution in [0.5, 0.6) is 0 Å². The number of fused-ring (bicyclic) bond motifs is 1. The van der Waals surface area contributed by atoms with Gasteiger partial charge in [-0.05, 0) is 41.0 Å². The number of nitrogens with two attached hydrogens (primary N) is 1. The summed E-state index contributed by atoms with van der Waals surface area (Å²) in [5.41, 5.74) is 9.51. The van der Waals surface area contributed by atoms with Crippen LogP contribution in [-0.2, 0) is 0 Å². The Kier molecular flexibility index (Phi) is 3.02. The van der Waals surface area contributed by atoms with Crippen LogP contribution in [0.3, 0.4) is 0 Å². The van der Waals surface area contributed by atoms with E-state index in [1.54, 1.807) is 6.20 Å². The van der Waals surface area contributed by atoms with E-state index in [1.165, 1.54) is 10.8 Å². The second kappa shape index (κ2) is 4.82. The quantitative estimate of drug-likeness (QED) is 0.752. The number of hydrogen-bond acceptors (Lipinski definition) is 2. The van der Waals surface area contributed by atoms with Crippen LogP contribution in [-0.4, -0.2) is 4.98 Å². The Morgan fingerprint density at radius 3 is 2.53 bits per heavy atom. The highest BCUT2D eigenvalue weighted by atomic mass is 14.8. The van der Waals surface area contributed by atoms with Crippen molar-refractivity contribution in [1.82, 2.24) is 4.98 Å². The molecule has 3 aromatic rings. The van der Waals surface area contributed by atoms with E-state index in [-0.39, 0.29) is 6.04 Å². The van der Waals surface area contributed by atoms with Crippen molar-refractivity contribution < 1.29 is 0 Å². The zero-order chi connectivity index (χ0) is 13.2. The third-order valence-corrected chi connectivity index (χ3v) is 3.48. The molecule has 0 bridgehead atoms. The predicted molar refractivity (Wildman–Crippen MR) is 79.0 cm³/mol. The van der Waals surface area contributed by atoms with Gasteiger partial charge in [0.05, 0.1) is 11.7 Å². The maximum Gasteiger partial charge on any atom is 0.0729 e. The normalized spacial score (nSPS) is 12.5. The third-order valence-electron chi connectivity index (χ3n) is 3.48. The molecule has 3 rings (SSSR count). The summed E-state index contributed by atoms with van der Waals surface area (Å²) in [5, 5.41) is 2.44. The van der Waals surface area contributed by atoms with Gasteiger partial charge in [-0.1, -0.05) is 42.5 Å². The van der Waals surface area contributed by atoms with Gasteiger partial charge in [0.25, 0.3) is 0 Å². The summed E-state index contributed by atoms with van der Waals surface area (Å²) >= 11 is 0. The van der Waals surface area contributed by atoms with Crippen molar-refractivity contribution in [2.75, 3.05) is 0 Å². The highest BCUT2D eigenvalue weighted by molar-refractivity contribution is 5.83. The summed E-state index contributed by atoms with van der Waals surface area (Å²) < 4.78 is 0. The largest absolute Gasteiger partial charge is 0.319 e. The molecule has 1 aromatic heterocycles. The summed E-state index contributed by atoms with van der Waals surface area (Å²) in [6, 6.07) is 18.5. The molecule has 0 aliphatic heterocycles. The fraction of sp³-hybridized carbons (Fsp3) is 0.118. The lowest BCUT2D eigenvalue weighted by Crippen LogP contribution is -2.14. The Bertz CT molecular complexity index is 719. The molecule has 2 heteroatoms. The first kappa shape index (κ1) is 11.9. The molecule has 19 heavy (non-hydrogen) atoms. The van der Waals surface area contributed by atoms with Gasteiger partial charge in [0.1, 0.15) is 0 Å². The molecular formula is C17H16N2. The Hall–Kier alpha value is -2.19. The van der Waals surface area contributed by atoms with E-state index in [4.69, 9.17) is 5.73 Å². The van der Waals surface area contributed by atoms with Crippen molar-refractivity contribution >= 4 is 10.8 Å². The van der Waals surface area contributed by atoms with Crippen molar-refractivity contribution in [2.45, 2.75) is 13.0 Å². The minimum Gasteiger partial charge on any atom is -0.319 e. The van der Waals surface area contributed by atoms with Gasteiger partial charge < -0.3 is 5.73 Å². The molecule has 0 saturated carbocycles. The van der Waals surface area contributed by atoms with Crippen LogP contribution in [0.15, 0.2) is 60.8 Å². The standard InChI is InChI=1S/C17H16N2/c1-12-5-4-10-19-17(12)16(18)15-9-8-13-6-2-3-7-14(13)11-15/h2-11,16H,18H2,1H3. The minimum absolute atomic E-state index is 0.175. The third kappa shape index (κ3) is 2.23. The van der Waals surface area contributed by atoms with E-state index >= 15 is 0 Å². The first-order valence-electron chi connectivity index (χ1n) is 6.41. The summed E-state index contributed by atoms with van der Waals surface area (Å²) in [6.45, 7) is 2.04. The molecule has 0 amide bonds. The summed E-state index contributed by atoms with van der Waals surface area (Å²) in [4.78, 5) is 4.41. The van der Waals surface area contributed by atoms with E-state index < -0.39 is 0 Å². The number of hydrogen-bond donors (Lipinski definition) is 1. The fourth-order valence-electron chi connectivity index (χ4n) is 2.38. The number of benzene rings is 2. The number of pyridine rings is 1. The Labute approximate surface area is 112 Å². The van der Waals surface area contributed by atoms with Crippen LogP contribution < -0.4 is 5.73 Å². The van der Waals surface area contributed by atoms with Crippen LogP contribution in [0.25, 0.3) is 10.8 Å². The van der Waals surface area contributed by atoms with Gasteiger partial charge in [0.2, 0.25) is 0 Å². The molecule has 0 saturated heterocycles. The van der Waals surface area contributed by atoms with E-state index in [1.807, 2.05) is 31.2 Å². The summed E-state index contributed by atoms with van der Waals surface area (Å²) in [6.07, 6.45) is 1.79. The van der Waals surface area contributed by atoms with E-state index in [9.17, 15) is 0 Å². The second-order valence-electron chi connectivity index (χ2n) is 4.79. The maximum absolute atomic E-state index is 6.35. The Balaban J connectivity index is 2.07. The van der Waals surface area contributed by atoms with Gasteiger partial charge in [-0.15, -0.1) is 0 Å². The zero-order valence-corrected chi connectivity index (χ0v) is 10.9. The monoisotopic (exact) mass is 248 g/mol. The van der Waals surface area contributed by atoms with Gasteiger partial charge in [-0.3, -0.25) is 4.98 Å². The number of aryl methyl sites for hydroxylation is 1. The smallest absolute Gasteiger partial charge is 0.0729 e. The molecule has 2 nitrogen and oxygen atoms in total. The molecule has 1 atom stereocenters. The summed E-state index contributed by atoms with van der Waals surface area (Å²) in [5.74, 6) is 0. The van der Waals surface area contributed by atoms with Crippen LogP contribution in [0.2, 0.25) is 0 Å². The van der Waals surface area contributed by atoms with Gasteiger partial charge in [0, 0.05) is 6.20 Å². The second-order valence-corrected chi connectivity index (χ2v) is 4.79. The van der Waals surface area contributed by atoms with Crippen LogP contribution in [0.1, 0.15) is 22.9 Å². The lowest BCUT2D eigenvalue weighted by molar-refractivity contribution is 0.819. The highest BCUT2D eigenvalue weighted by Crippen LogP contribution is 2.24. The van der Waals surface area contributed by atoms with Crippen molar-refractivity contribution in [1.29, 1.82) is 0 Å². The van der Waals surface area contributed by atoms with E-state index in [2.05, 4.69) is 35.3 Å². The molecule has 0 aliphatic carbocycles. The Morgan fingerprint density at radius 2 is 1.74 bits per heavy atom. The van der Waals surface area contributed by atoms with Gasteiger partial charge in [-0.2, -0.15) is 0 Å². The predicted octanol–water partition coefficient (Wildman–Crippen LogP) is 3.59. The molecule has 0 aliphatic rings. The molecule has 2 N–H and O–H groups in total. The average molecular weight is 248 g/mol. The highest BCUT2D eigenvalue weighted by Gasteiger charge is 2.12. The van der Waals surface area contributed by atoms with Gasteiger partial charge >= 0.3 is 0 Å². The summed E-state index contributed by atoms with van der Waals surface area (Å²) in [7, 11) is 0. The zero-order valence-electron chi connectivity index (χ0n) is 10.9. The molecule has 1 unspecified atom stereocenters. The lowest BCUT2D eigenvalue weighted by atomic mass is 9.98. The lowest BCUT2D eigenvalue weighted by Gasteiger charge is -2.14. The molecule has 0 spiro atoms. The van der Waals surface area contributed by atoms with Crippen molar-refractivity contribution in [3.63, 3.8) is 0 Å². The van der Waals surface area contributed by atoms with Crippen LogP contribution in [0.4, 0.5) is 0 Å². The molecule has 94 valence electrons. The average Bonchev–Trinajstić information content (AvgIpc) is 2.46. The SMILES string of the molecule is Cc1cccnc1C(N)c1ccc2ccccc2c1. The topological polar surface area (TPSA) is 38.9 Å². The van der Waals surface area contributed by atoms with Gasteiger partial charge in [-0.25, -0.2) is 0 Å². The Morgan fingerprint density at radius 1 is 0.947 bits per heavy atom. The maximum atomic E-state index is 6.35. The molecule has 2 aromatic carbocycles. The fourth-order valence-corrected chi connectivity index (χ4v) is 2.38. The van der Waals surface area contributed by atoms with E-state index in [0.29, 0.717) is 0 Å². The van der Waals surface area contributed by atoms with Crippen molar-refractivity contribution in [3.05, 3.63) is 77.6 Å². The molecular weight excluding hydrogens is 232 g/mol. The van der Waals surface area contributed by atoms with Crippen LogP contribution in [0, 0.1) is 6.92 Å². The van der Waals surface area contributed by atoms with Crippen molar-refractivity contribution in [2.24, 2.45) is 5.73 Å². The van der Waals surface area contributed by atoms with E-state index in [0.717, 1.165) is 16.8 Å². The number of nitrogens with zero attached hydrogens (tertiary/aromatic N) is 1. The van der Waals surface area contributed by atoms with Crippen molar-refractivity contribution in [3.8, 4) is 0 Å². The first-order chi connectivity index (χ1) is 9.25. The van der Waals surface area contributed by atoms with Gasteiger partial charge in [0.15, 0.2) is 0 Å². The molecule has 0 fully saturated rings. The number of aromatic nitrogens is 1.